The zero-order valence-electron chi connectivity index (χ0n) is 8.03. The van der Waals surface area contributed by atoms with Crippen molar-refractivity contribution in [1.82, 2.24) is 5.32 Å². The number of ether oxygens (including phenoxy) is 1. The number of nitrogens with one attached hydrogen (secondary N) is 1. The third-order valence-corrected chi connectivity index (χ3v) is 1.61. The predicted octanol–water partition coefficient (Wildman–Crippen LogP) is 0.972. The fourth-order valence-corrected chi connectivity index (χ4v) is 1.03. The molecule has 0 aliphatic rings. The average Bonchev–Trinajstić information content (AvgIpc) is 2.16. The van der Waals surface area contributed by atoms with Gasteiger partial charge < -0.3 is 10.1 Å². The van der Waals surface area contributed by atoms with Gasteiger partial charge in [0, 0.05) is 14.0 Å². The minimum absolute atomic E-state index is 0.276. The molecule has 1 rings (SSSR count). The van der Waals surface area contributed by atoms with Crippen molar-refractivity contribution in [3.63, 3.8) is 0 Å². The molecule has 0 saturated carbocycles. The van der Waals surface area contributed by atoms with E-state index < -0.39 is 5.97 Å². The van der Waals surface area contributed by atoms with E-state index in [9.17, 15) is 9.59 Å². The van der Waals surface area contributed by atoms with Gasteiger partial charge >= 0.3 is 5.97 Å². The van der Waals surface area contributed by atoms with Gasteiger partial charge in [0.2, 0.25) is 0 Å². The third-order valence-electron chi connectivity index (χ3n) is 1.61. The average molecular weight is 193 g/mol. The lowest BCUT2D eigenvalue weighted by atomic mass is 10.2. The van der Waals surface area contributed by atoms with Crippen molar-refractivity contribution in [2.75, 3.05) is 7.05 Å². The summed E-state index contributed by atoms with van der Waals surface area (Å²) in [5.41, 5.74) is 0.352. The van der Waals surface area contributed by atoms with Crippen molar-refractivity contribution < 1.29 is 14.3 Å². The van der Waals surface area contributed by atoms with Gasteiger partial charge in [0.25, 0.3) is 5.91 Å². The lowest BCUT2D eigenvalue weighted by molar-refractivity contribution is -0.131. The van der Waals surface area contributed by atoms with Gasteiger partial charge in [-0.05, 0) is 12.1 Å². The molecule has 0 aromatic heterocycles. The van der Waals surface area contributed by atoms with E-state index in [-0.39, 0.29) is 11.7 Å². The zero-order valence-corrected chi connectivity index (χ0v) is 8.03. The normalized spacial score (nSPS) is 9.29. The van der Waals surface area contributed by atoms with Crippen molar-refractivity contribution in [2.45, 2.75) is 6.92 Å². The Labute approximate surface area is 81.9 Å². The molecule has 0 atom stereocenters. The van der Waals surface area contributed by atoms with Gasteiger partial charge in [-0.25, -0.2) is 0 Å². The minimum atomic E-state index is -0.443. The minimum Gasteiger partial charge on any atom is -0.426 e. The van der Waals surface area contributed by atoms with Crippen molar-refractivity contribution in [3.8, 4) is 5.75 Å². The summed E-state index contributed by atoms with van der Waals surface area (Å²) >= 11 is 0. The lowest BCUT2D eigenvalue weighted by Crippen LogP contribution is -2.19. The van der Waals surface area contributed by atoms with Crippen LogP contribution in [0.3, 0.4) is 0 Å². The molecular formula is C10H11NO3. The van der Waals surface area contributed by atoms with E-state index in [0.717, 1.165) is 0 Å². The largest absolute Gasteiger partial charge is 0.426 e. The van der Waals surface area contributed by atoms with Crippen molar-refractivity contribution in [2.24, 2.45) is 0 Å². The summed E-state index contributed by atoms with van der Waals surface area (Å²) < 4.78 is 4.87. The fraction of sp³-hybridized carbons (Fsp3) is 0.200. The molecule has 4 nitrogen and oxygen atoms in total. The highest BCUT2D eigenvalue weighted by molar-refractivity contribution is 5.97. The first-order chi connectivity index (χ1) is 6.65. The molecule has 0 saturated heterocycles. The Bertz CT molecular complexity index is 360. The van der Waals surface area contributed by atoms with Gasteiger partial charge in [-0.15, -0.1) is 0 Å². The fourth-order valence-electron chi connectivity index (χ4n) is 1.03. The molecule has 1 N–H and O–H groups in total. The van der Waals surface area contributed by atoms with Crippen molar-refractivity contribution in [3.05, 3.63) is 29.8 Å². The summed E-state index contributed by atoms with van der Waals surface area (Å²) in [5, 5.41) is 2.46. The number of rotatable bonds is 2. The molecule has 0 fully saturated rings. The molecule has 0 unspecified atom stereocenters. The standard InChI is InChI=1S/C10H11NO3/c1-7(12)14-9-6-4-3-5-8(9)10(13)11-2/h3-6H,1-2H3,(H,11,13). The molecule has 0 aliphatic heterocycles. The van der Waals surface area contributed by atoms with Crippen LogP contribution in [0.1, 0.15) is 17.3 Å². The highest BCUT2D eigenvalue weighted by Crippen LogP contribution is 2.17. The first-order valence-electron chi connectivity index (χ1n) is 4.14. The molecule has 1 aromatic carbocycles. The molecule has 0 spiro atoms. The van der Waals surface area contributed by atoms with E-state index in [1.807, 2.05) is 0 Å². The number of benzene rings is 1. The maximum atomic E-state index is 11.3. The van der Waals surface area contributed by atoms with Crippen LogP contribution in [-0.4, -0.2) is 18.9 Å². The van der Waals surface area contributed by atoms with Crippen LogP contribution in [0.5, 0.6) is 5.75 Å². The molecule has 0 aliphatic carbocycles. The summed E-state index contributed by atoms with van der Waals surface area (Å²) in [6.07, 6.45) is 0. The topological polar surface area (TPSA) is 55.4 Å². The Morgan fingerprint density at radius 3 is 2.50 bits per heavy atom. The number of para-hydroxylation sites is 1. The Morgan fingerprint density at radius 1 is 1.29 bits per heavy atom. The second-order valence-electron chi connectivity index (χ2n) is 2.67. The molecular weight excluding hydrogens is 182 g/mol. The van der Waals surface area contributed by atoms with Gasteiger partial charge in [-0.1, -0.05) is 12.1 Å². The van der Waals surface area contributed by atoms with E-state index in [2.05, 4.69) is 5.32 Å². The second-order valence-corrected chi connectivity index (χ2v) is 2.67. The van der Waals surface area contributed by atoms with E-state index in [1.165, 1.54) is 14.0 Å². The maximum absolute atomic E-state index is 11.3. The van der Waals surface area contributed by atoms with Crippen LogP contribution in [0.15, 0.2) is 24.3 Å². The lowest BCUT2D eigenvalue weighted by Gasteiger charge is -2.06. The molecule has 4 heteroatoms. The van der Waals surface area contributed by atoms with Crippen LogP contribution in [0.2, 0.25) is 0 Å². The van der Waals surface area contributed by atoms with Gasteiger partial charge in [-0.3, -0.25) is 9.59 Å². The van der Waals surface area contributed by atoms with Crippen molar-refractivity contribution >= 4 is 11.9 Å². The Kier molecular flexibility index (Phi) is 3.23. The number of amides is 1. The highest BCUT2D eigenvalue weighted by Gasteiger charge is 2.11. The smallest absolute Gasteiger partial charge is 0.308 e. The van der Waals surface area contributed by atoms with Crippen molar-refractivity contribution in [1.29, 1.82) is 0 Å². The summed E-state index contributed by atoms with van der Waals surface area (Å²) in [4.78, 5) is 22.0. The van der Waals surface area contributed by atoms with Crippen LogP contribution in [0.25, 0.3) is 0 Å². The molecule has 0 bridgehead atoms. The zero-order chi connectivity index (χ0) is 10.6. The van der Waals surface area contributed by atoms with Crippen LogP contribution < -0.4 is 10.1 Å². The molecule has 0 heterocycles. The van der Waals surface area contributed by atoms with E-state index in [0.29, 0.717) is 5.56 Å². The molecule has 74 valence electrons. The maximum Gasteiger partial charge on any atom is 0.308 e. The van der Waals surface area contributed by atoms with Crippen LogP contribution >= 0.6 is 0 Å². The number of hydrogen-bond donors (Lipinski definition) is 1. The quantitative estimate of drug-likeness (QED) is 0.562. The number of carbonyl (C=O) groups excluding carboxylic acids is 2. The Hall–Kier alpha value is -1.84. The molecule has 1 aromatic rings. The number of carbonyl (C=O) groups is 2. The molecule has 1 amide bonds. The Morgan fingerprint density at radius 2 is 1.93 bits per heavy atom. The SMILES string of the molecule is CNC(=O)c1ccccc1OC(C)=O. The second kappa shape index (κ2) is 4.41. The van der Waals surface area contributed by atoms with E-state index in [1.54, 1.807) is 24.3 Å². The van der Waals surface area contributed by atoms with E-state index in [4.69, 9.17) is 4.74 Å². The summed E-state index contributed by atoms with van der Waals surface area (Å²) in [5.74, 6) is -0.442. The molecule has 0 radical (unpaired) electrons. The van der Waals surface area contributed by atoms with Crippen LogP contribution in [-0.2, 0) is 4.79 Å². The van der Waals surface area contributed by atoms with Gasteiger partial charge in [-0.2, -0.15) is 0 Å². The summed E-state index contributed by atoms with van der Waals surface area (Å²) in [6.45, 7) is 1.29. The predicted molar refractivity (Wildman–Crippen MR) is 51.1 cm³/mol. The monoisotopic (exact) mass is 193 g/mol. The molecule has 14 heavy (non-hydrogen) atoms. The third kappa shape index (κ3) is 2.32. The van der Waals surface area contributed by atoms with Gasteiger partial charge in [0.05, 0.1) is 5.56 Å². The summed E-state index contributed by atoms with van der Waals surface area (Å²) in [7, 11) is 1.52. The Balaban J connectivity index is 3.02. The van der Waals surface area contributed by atoms with Crippen LogP contribution in [0.4, 0.5) is 0 Å². The first-order valence-corrected chi connectivity index (χ1v) is 4.14. The first kappa shape index (κ1) is 10.2. The number of esters is 1. The van der Waals surface area contributed by atoms with Crippen LogP contribution in [0, 0.1) is 0 Å². The van der Waals surface area contributed by atoms with Gasteiger partial charge in [0.15, 0.2) is 0 Å². The summed E-state index contributed by atoms with van der Waals surface area (Å²) in [6, 6.07) is 6.57. The van der Waals surface area contributed by atoms with Gasteiger partial charge in [0.1, 0.15) is 5.75 Å². The van der Waals surface area contributed by atoms with E-state index >= 15 is 0 Å². The number of hydrogen-bond acceptors (Lipinski definition) is 3. The highest BCUT2D eigenvalue weighted by atomic mass is 16.5.